The fraction of sp³-hybridized carbons (Fsp3) is 0.588. The van der Waals surface area contributed by atoms with Crippen LogP contribution in [0.5, 0.6) is 0 Å². The topological polar surface area (TPSA) is 38.1 Å². The fourth-order valence-electron chi connectivity index (χ4n) is 3.55. The molecule has 1 aromatic carbocycles. The van der Waals surface area contributed by atoms with E-state index < -0.39 is 0 Å². The predicted molar refractivity (Wildman–Crippen MR) is 82.2 cm³/mol. The highest BCUT2D eigenvalue weighted by atomic mass is 16.3. The zero-order valence-electron chi connectivity index (χ0n) is 12.8. The number of nitrogens with zero attached hydrogens (tertiary/aromatic N) is 1. The van der Waals surface area contributed by atoms with Crippen LogP contribution >= 0.6 is 0 Å². The molecular formula is C17H24N2O. The van der Waals surface area contributed by atoms with Crippen LogP contribution in [0, 0.1) is 13.8 Å². The Morgan fingerprint density at radius 3 is 2.90 bits per heavy atom. The number of rotatable bonds is 3. The third-order valence-corrected chi connectivity index (χ3v) is 4.47. The van der Waals surface area contributed by atoms with Crippen LogP contribution in [-0.2, 0) is 5.41 Å². The Bertz CT molecular complexity index is 603. The summed E-state index contributed by atoms with van der Waals surface area (Å²) in [5.41, 5.74) is 4.51. The Kier molecular flexibility index (Phi) is 3.55. The van der Waals surface area contributed by atoms with Gasteiger partial charge in [0.15, 0.2) is 5.58 Å². The molecule has 1 atom stereocenters. The molecule has 1 aliphatic rings. The number of fused-ring (bicyclic) bond motifs is 1. The summed E-state index contributed by atoms with van der Waals surface area (Å²) in [4.78, 5) is 4.84. The first-order valence-electron chi connectivity index (χ1n) is 7.74. The van der Waals surface area contributed by atoms with Crippen LogP contribution in [0.15, 0.2) is 16.5 Å². The number of hydrogen-bond acceptors (Lipinski definition) is 3. The number of nitrogens with one attached hydrogen (secondary N) is 1. The van der Waals surface area contributed by atoms with E-state index in [4.69, 9.17) is 9.40 Å². The van der Waals surface area contributed by atoms with Crippen LogP contribution in [0.4, 0.5) is 0 Å². The van der Waals surface area contributed by atoms with Crippen LogP contribution in [0.3, 0.4) is 0 Å². The van der Waals surface area contributed by atoms with Gasteiger partial charge in [0.2, 0.25) is 5.89 Å². The number of oxazole rings is 1. The maximum Gasteiger partial charge on any atom is 0.203 e. The van der Waals surface area contributed by atoms with Crippen LogP contribution in [-0.4, -0.2) is 18.1 Å². The molecular weight excluding hydrogens is 248 g/mol. The van der Waals surface area contributed by atoms with Crippen molar-refractivity contribution < 1.29 is 4.42 Å². The van der Waals surface area contributed by atoms with Crippen LogP contribution in [0.1, 0.15) is 49.6 Å². The van der Waals surface area contributed by atoms with Gasteiger partial charge in [0.25, 0.3) is 0 Å². The molecule has 3 nitrogen and oxygen atoms in total. The number of hydrogen-bond donors (Lipinski definition) is 1. The molecule has 1 saturated heterocycles. The highest BCUT2D eigenvalue weighted by molar-refractivity contribution is 5.77. The van der Waals surface area contributed by atoms with Gasteiger partial charge in [-0.15, -0.1) is 0 Å². The average Bonchev–Trinajstić information content (AvgIpc) is 2.85. The van der Waals surface area contributed by atoms with Gasteiger partial charge in [-0.05, 0) is 56.8 Å². The van der Waals surface area contributed by atoms with Crippen molar-refractivity contribution in [3.8, 4) is 0 Å². The Balaban J connectivity index is 2.09. The van der Waals surface area contributed by atoms with Gasteiger partial charge in [0, 0.05) is 6.54 Å². The highest BCUT2D eigenvalue weighted by Gasteiger charge is 2.37. The van der Waals surface area contributed by atoms with Gasteiger partial charge in [-0.1, -0.05) is 19.4 Å². The van der Waals surface area contributed by atoms with Crippen molar-refractivity contribution >= 4 is 11.1 Å². The molecule has 2 heterocycles. The van der Waals surface area contributed by atoms with E-state index in [0.29, 0.717) is 0 Å². The van der Waals surface area contributed by atoms with Crippen LogP contribution in [0.25, 0.3) is 11.1 Å². The molecule has 1 fully saturated rings. The van der Waals surface area contributed by atoms with Crippen molar-refractivity contribution in [3.63, 3.8) is 0 Å². The van der Waals surface area contributed by atoms with Gasteiger partial charge >= 0.3 is 0 Å². The van der Waals surface area contributed by atoms with Crippen molar-refractivity contribution in [1.82, 2.24) is 10.3 Å². The van der Waals surface area contributed by atoms with Gasteiger partial charge in [-0.25, -0.2) is 4.98 Å². The molecule has 0 spiro atoms. The molecule has 1 unspecified atom stereocenters. The lowest BCUT2D eigenvalue weighted by atomic mass is 9.77. The first-order valence-corrected chi connectivity index (χ1v) is 7.74. The molecule has 0 aliphatic carbocycles. The molecule has 0 amide bonds. The first-order chi connectivity index (χ1) is 9.64. The van der Waals surface area contributed by atoms with E-state index in [1.807, 2.05) is 0 Å². The van der Waals surface area contributed by atoms with E-state index in [9.17, 15) is 0 Å². The van der Waals surface area contributed by atoms with E-state index in [1.165, 1.54) is 30.4 Å². The highest BCUT2D eigenvalue weighted by Crippen LogP contribution is 2.37. The number of aryl methyl sites for hydroxylation is 2. The Morgan fingerprint density at radius 1 is 1.35 bits per heavy atom. The van der Waals surface area contributed by atoms with E-state index in [1.54, 1.807) is 0 Å². The summed E-state index contributed by atoms with van der Waals surface area (Å²) in [6, 6.07) is 4.30. The zero-order chi connectivity index (χ0) is 14.2. The van der Waals surface area contributed by atoms with E-state index >= 15 is 0 Å². The summed E-state index contributed by atoms with van der Waals surface area (Å²) < 4.78 is 6.20. The predicted octanol–water partition coefficient (Wildman–Crippen LogP) is 3.87. The van der Waals surface area contributed by atoms with Crippen molar-refractivity contribution in [3.05, 3.63) is 29.2 Å². The zero-order valence-corrected chi connectivity index (χ0v) is 12.8. The summed E-state index contributed by atoms with van der Waals surface area (Å²) >= 11 is 0. The van der Waals surface area contributed by atoms with Crippen molar-refractivity contribution in [2.75, 3.05) is 13.1 Å². The van der Waals surface area contributed by atoms with Crippen LogP contribution < -0.4 is 5.32 Å². The van der Waals surface area contributed by atoms with Gasteiger partial charge in [-0.3, -0.25) is 0 Å². The third-order valence-electron chi connectivity index (χ3n) is 4.47. The molecule has 0 saturated carbocycles. The van der Waals surface area contributed by atoms with E-state index in [2.05, 4.69) is 38.2 Å². The Morgan fingerprint density at radius 2 is 2.20 bits per heavy atom. The van der Waals surface area contributed by atoms with Crippen LogP contribution in [0.2, 0.25) is 0 Å². The summed E-state index contributed by atoms with van der Waals surface area (Å²) in [6.45, 7) is 8.57. The van der Waals surface area contributed by atoms with E-state index in [-0.39, 0.29) is 5.41 Å². The lowest BCUT2D eigenvalue weighted by Crippen LogP contribution is -2.43. The molecule has 0 radical (unpaired) electrons. The molecule has 2 aromatic rings. The van der Waals surface area contributed by atoms with Crippen molar-refractivity contribution in [2.45, 2.75) is 51.9 Å². The fourth-order valence-corrected chi connectivity index (χ4v) is 3.55. The van der Waals surface area contributed by atoms with E-state index in [0.717, 1.165) is 36.5 Å². The summed E-state index contributed by atoms with van der Waals surface area (Å²) in [5, 5.41) is 3.53. The minimum Gasteiger partial charge on any atom is -0.440 e. The smallest absolute Gasteiger partial charge is 0.203 e. The van der Waals surface area contributed by atoms with Gasteiger partial charge in [0.1, 0.15) is 5.52 Å². The molecule has 1 aromatic heterocycles. The molecule has 1 N–H and O–H groups in total. The molecule has 108 valence electrons. The van der Waals surface area contributed by atoms with Gasteiger partial charge in [0.05, 0.1) is 5.41 Å². The first kappa shape index (κ1) is 13.6. The van der Waals surface area contributed by atoms with Gasteiger partial charge < -0.3 is 9.73 Å². The Hall–Kier alpha value is -1.35. The normalized spacial score (nSPS) is 23.4. The van der Waals surface area contributed by atoms with Crippen molar-refractivity contribution in [2.24, 2.45) is 0 Å². The summed E-state index contributed by atoms with van der Waals surface area (Å²) in [7, 11) is 0. The quantitative estimate of drug-likeness (QED) is 0.922. The minimum atomic E-state index is 0.0896. The number of piperidine rings is 1. The molecule has 3 rings (SSSR count). The monoisotopic (exact) mass is 272 g/mol. The average molecular weight is 272 g/mol. The summed E-state index contributed by atoms with van der Waals surface area (Å²) in [5.74, 6) is 0.940. The SMILES string of the molecule is CCCC1(c2nc3cc(C)cc(C)c3o2)CCCNC1. The third kappa shape index (κ3) is 2.24. The maximum atomic E-state index is 6.20. The lowest BCUT2D eigenvalue weighted by molar-refractivity contribution is 0.239. The summed E-state index contributed by atoms with van der Waals surface area (Å²) in [6.07, 6.45) is 4.69. The second-order valence-corrected chi connectivity index (χ2v) is 6.26. The minimum absolute atomic E-state index is 0.0896. The van der Waals surface area contributed by atoms with Gasteiger partial charge in [-0.2, -0.15) is 0 Å². The molecule has 1 aliphatic heterocycles. The van der Waals surface area contributed by atoms with Crippen molar-refractivity contribution in [1.29, 1.82) is 0 Å². The lowest BCUT2D eigenvalue weighted by Gasteiger charge is -2.34. The Labute approximate surface area is 120 Å². The maximum absolute atomic E-state index is 6.20. The largest absolute Gasteiger partial charge is 0.440 e. The second kappa shape index (κ2) is 5.21. The second-order valence-electron chi connectivity index (χ2n) is 6.26. The standard InChI is InChI=1S/C17H24N2O/c1-4-6-17(7-5-8-18-11-17)16-19-14-10-12(2)9-13(3)15(14)20-16/h9-10,18H,4-8,11H2,1-3H3. The molecule has 20 heavy (non-hydrogen) atoms. The molecule has 3 heteroatoms. The number of aromatic nitrogens is 1. The molecule has 0 bridgehead atoms. The number of benzene rings is 1.